The fourth-order valence-corrected chi connectivity index (χ4v) is 6.19. The first-order chi connectivity index (χ1) is 14.6. The highest BCUT2D eigenvalue weighted by Crippen LogP contribution is 2.43. The summed E-state index contributed by atoms with van der Waals surface area (Å²) in [5, 5.41) is 0. The Morgan fingerprint density at radius 1 is 0.900 bits per heavy atom. The van der Waals surface area contributed by atoms with Gasteiger partial charge in [0, 0.05) is 32.2 Å². The van der Waals surface area contributed by atoms with E-state index in [0.717, 1.165) is 6.04 Å². The topological polar surface area (TPSA) is 25.9 Å². The molecule has 1 aromatic heterocycles. The Morgan fingerprint density at radius 3 is 2.13 bits per heavy atom. The molecule has 0 bridgehead atoms. The Balaban J connectivity index is 1.13. The van der Waals surface area contributed by atoms with Crippen LogP contribution in [0.1, 0.15) is 57.8 Å². The van der Waals surface area contributed by atoms with E-state index in [1.54, 1.807) is 0 Å². The summed E-state index contributed by atoms with van der Waals surface area (Å²) in [6, 6.07) is 6.13. The summed E-state index contributed by atoms with van der Waals surface area (Å²) in [6.45, 7) is 7.46. The van der Waals surface area contributed by atoms with Crippen molar-refractivity contribution in [3.8, 4) is 0 Å². The van der Waals surface area contributed by atoms with Gasteiger partial charge in [0.2, 0.25) is 0 Å². The molecular formula is C25H41N5. The summed E-state index contributed by atoms with van der Waals surface area (Å²) in [7, 11) is 4.47. The lowest BCUT2D eigenvalue weighted by Gasteiger charge is -2.50. The summed E-state index contributed by atoms with van der Waals surface area (Å²) in [5.41, 5.74) is 1.88. The molecule has 3 aliphatic heterocycles. The second kappa shape index (κ2) is 8.66. The minimum absolute atomic E-state index is 0.616. The monoisotopic (exact) mass is 411 g/mol. The molecule has 0 atom stereocenters. The van der Waals surface area contributed by atoms with Gasteiger partial charge in [-0.3, -0.25) is 0 Å². The molecule has 5 nitrogen and oxygen atoms in total. The maximum absolute atomic E-state index is 4.89. The zero-order valence-corrected chi connectivity index (χ0v) is 19.2. The molecule has 4 heterocycles. The van der Waals surface area contributed by atoms with Crippen molar-refractivity contribution in [2.24, 2.45) is 5.41 Å². The smallest absolute Gasteiger partial charge is 0.128 e. The highest BCUT2D eigenvalue weighted by Gasteiger charge is 2.39. The lowest BCUT2D eigenvalue weighted by Crippen LogP contribution is -2.51. The average Bonchev–Trinajstić information content (AvgIpc) is 2.75. The predicted molar refractivity (Wildman–Crippen MR) is 125 cm³/mol. The van der Waals surface area contributed by atoms with Crippen LogP contribution in [-0.4, -0.2) is 80.2 Å². The molecule has 0 aromatic carbocycles. The average molecular weight is 412 g/mol. The van der Waals surface area contributed by atoms with Gasteiger partial charge in [-0.15, -0.1) is 0 Å². The molecule has 0 radical (unpaired) electrons. The summed E-state index contributed by atoms with van der Waals surface area (Å²) >= 11 is 0. The maximum atomic E-state index is 4.89. The zero-order chi connectivity index (χ0) is 20.6. The van der Waals surface area contributed by atoms with Crippen molar-refractivity contribution in [1.29, 1.82) is 0 Å². The molecule has 0 amide bonds. The van der Waals surface area contributed by atoms with Gasteiger partial charge in [0.05, 0.1) is 11.9 Å². The van der Waals surface area contributed by atoms with Gasteiger partial charge in [-0.2, -0.15) is 0 Å². The fourth-order valence-electron chi connectivity index (χ4n) is 6.19. The third-order valence-corrected chi connectivity index (χ3v) is 8.97. The summed E-state index contributed by atoms with van der Waals surface area (Å²) < 4.78 is 0. The second-order valence-corrected chi connectivity index (χ2v) is 10.6. The Morgan fingerprint density at radius 2 is 1.57 bits per heavy atom. The Hall–Kier alpha value is -1.33. The molecule has 1 spiro atoms. The highest BCUT2D eigenvalue weighted by molar-refractivity contribution is 5.51. The predicted octanol–water partition coefficient (Wildman–Crippen LogP) is 3.85. The van der Waals surface area contributed by atoms with E-state index in [0.29, 0.717) is 11.5 Å². The summed E-state index contributed by atoms with van der Waals surface area (Å²) in [6.07, 6.45) is 14.5. The standard InChI is InChI=1S/C25H41N5/c1-27-14-8-21(9-15-27)28(2)23-6-7-24(26-20-23)30-18-12-25(13-19-30)10-16-29(17-11-25)22-4-3-5-22/h6-7,20-22H,3-5,8-19H2,1-2H3. The van der Waals surface area contributed by atoms with Gasteiger partial charge in [-0.1, -0.05) is 6.42 Å². The van der Waals surface area contributed by atoms with Crippen molar-refractivity contribution in [3.63, 3.8) is 0 Å². The number of nitrogens with zero attached hydrogens (tertiary/aromatic N) is 5. The van der Waals surface area contributed by atoms with E-state index < -0.39 is 0 Å². The Labute approximate surface area is 183 Å². The Kier molecular flexibility index (Phi) is 5.94. The van der Waals surface area contributed by atoms with Crippen LogP contribution in [0.3, 0.4) is 0 Å². The van der Waals surface area contributed by atoms with Gasteiger partial charge in [0.1, 0.15) is 5.82 Å². The first-order valence-corrected chi connectivity index (χ1v) is 12.5. The van der Waals surface area contributed by atoms with Gasteiger partial charge in [-0.25, -0.2) is 4.98 Å². The van der Waals surface area contributed by atoms with Gasteiger partial charge in [-0.05, 0) is 102 Å². The van der Waals surface area contributed by atoms with Crippen LogP contribution < -0.4 is 9.80 Å². The first kappa shape index (κ1) is 20.6. The van der Waals surface area contributed by atoms with Crippen LogP contribution in [-0.2, 0) is 0 Å². The number of hydrogen-bond acceptors (Lipinski definition) is 5. The molecular weight excluding hydrogens is 370 g/mol. The SMILES string of the molecule is CN1CCC(N(C)c2ccc(N3CCC4(CC3)CCN(C3CCC3)CC4)nc2)CC1. The quantitative estimate of drug-likeness (QED) is 0.750. The van der Waals surface area contributed by atoms with E-state index in [1.165, 1.54) is 109 Å². The molecule has 30 heavy (non-hydrogen) atoms. The number of anilines is 2. The maximum Gasteiger partial charge on any atom is 0.128 e. The van der Waals surface area contributed by atoms with E-state index in [4.69, 9.17) is 4.98 Å². The molecule has 1 aliphatic carbocycles. The molecule has 5 heteroatoms. The number of rotatable bonds is 4. The molecule has 4 fully saturated rings. The molecule has 0 N–H and O–H groups in total. The number of pyridine rings is 1. The normalized spacial score (nSPS) is 26.7. The van der Waals surface area contributed by atoms with E-state index >= 15 is 0 Å². The van der Waals surface area contributed by atoms with Gasteiger partial charge in [0.15, 0.2) is 0 Å². The first-order valence-electron chi connectivity index (χ1n) is 12.5. The van der Waals surface area contributed by atoms with Crippen molar-refractivity contribution in [2.75, 3.05) is 63.2 Å². The third kappa shape index (κ3) is 4.20. The van der Waals surface area contributed by atoms with Crippen molar-refractivity contribution in [2.45, 2.75) is 69.9 Å². The number of aromatic nitrogens is 1. The zero-order valence-electron chi connectivity index (χ0n) is 19.2. The number of hydrogen-bond donors (Lipinski definition) is 0. The van der Waals surface area contributed by atoms with Crippen molar-refractivity contribution in [1.82, 2.24) is 14.8 Å². The second-order valence-electron chi connectivity index (χ2n) is 10.6. The van der Waals surface area contributed by atoms with Gasteiger partial charge < -0.3 is 19.6 Å². The summed E-state index contributed by atoms with van der Waals surface area (Å²) in [5.74, 6) is 1.18. The summed E-state index contributed by atoms with van der Waals surface area (Å²) in [4.78, 5) is 15.1. The van der Waals surface area contributed by atoms with Gasteiger partial charge in [0.25, 0.3) is 0 Å². The van der Waals surface area contributed by atoms with Crippen LogP contribution in [0.25, 0.3) is 0 Å². The molecule has 1 saturated carbocycles. The molecule has 166 valence electrons. The van der Waals surface area contributed by atoms with Crippen molar-refractivity contribution >= 4 is 11.5 Å². The van der Waals surface area contributed by atoms with Crippen LogP contribution in [0, 0.1) is 5.41 Å². The van der Waals surface area contributed by atoms with E-state index in [1.807, 2.05) is 0 Å². The van der Waals surface area contributed by atoms with Gasteiger partial charge >= 0.3 is 0 Å². The minimum Gasteiger partial charge on any atom is -0.370 e. The highest BCUT2D eigenvalue weighted by atomic mass is 15.2. The third-order valence-electron chi connectivity index (χ3n) is 8.97. The molecule has 4 aliphatic rings. The molecule has 0 unspecified atom stereocenters. The molecule has 1 aromatic rings. The Bertz CT molecular complexity index is 674. The number of piperidine rings is 3. The van der Waals surface area contributed by atoms with Crippen molar-refractivity contribution in [3.05, 3.63) is 18.3 Å². The molecule has 5 rings (SSSR count). The van der Waals surface area contributed by atoms with E-state index in [-0.39, 0.29) is 0 Å². The van der Waals surface area contributed by atoms with E-state index in [2.05, 4.69) is 52.0 Å². The molecule has 3 saturated heterocycles. The van der Waals surface area contributed by atoms with Crippen molar-refractivity contribution < 1.29 is 0 Å². The largest absolute Gasteiger partial charge is 0.370 e. The number of likely N-dealkylation sites (tertiary alicyclic amines) is 2. The minimum atomic E-state index is 0.616. The lowest BCUT2D eigenvalue weighted by molar-refractivity contribution is 0.0305. The van der Waals surface area contributed by atoms with Crippen LogP contribution in [0.15, 0.2) is 18.3 Å². The van der Waals surface area contributed by atoms with Crippen LogP contribution in [0.4, 0.5) is 11.5 Å². The van der Waals surface area contributed by atoms with Crippen LogP contribution in [0.5, 0.6) is 0 Å². The lowest BCUT2D eigenvalue weighted by atomic mass is 9.70. The fraction of sp³-hybridized carbons (Fsp3) is 0.800. The van der Waals surface area contributed by atoms with Crippen LogP contribution >= 0.6 is 0 Å². The van der Waals surface area contributed by atoms with E-state index in [9.17, 15) is 0 Å². The van der Waals surface area contributed by atoms with Crippen LogP contribution in [0.2, 0.25) is 0 Å².